The summed E-state index contributed by atoms with van der Waals surface area (Å²) in [5, 5.41) is 0. The maximum Gasteiger partial charge on any atom is 0.416 e. The number of amides is 1. The summed E-state index contributed by atoms with van der Waals surface area (Å²) in [5.41, 5.74) is -2.42. The van der Waals surface area contributed by atoms with Crippen LogP contribution in [0.15, 0.2) is 53.5 Å². The predicted octanol–water partition coefficient (Wildman–Crippen LogP) is 6.55. The third kappa shape index (κ3) is 5.58. The number of ether oxygens (including phenoxy) is 1. The SMILES string of the molecule is C[C@@H](OCC1(c2ccccc2)CCC(N2C=NCC2=O)CC1)c1cc(C(F)(F)F)cc(C(F)(F)F)c1. The van der Waals surface area contributed by atoms with Crippen LogP contribution in [0.3, 0.4) is 0 Å². The first-order valence-corrected chi connectivity index (χ1v) is 11.7. The molecule has 1 aliphatic heterocycles. The van der Waals surface area contributed by atoms with Gasteiger partial charge in [0, 0.05) is 11.5 Å². The molecular weight excluding hydrogens is 486 g/mol. The Morgan fingerprint density at radius 2 is 1.58 bits per heavy atom. The monoisotopic (exact) mass is 512 g/mol. The summed E-state index contributed by atoms with van der Waals surface area (Å²) < 4.78 is 85.8. The van der Waals surface area contributed by atoms with Gasteiger partial charge in [-0.3, -0.25) is 14.7 Å². The van der Waals surface area contributed by atoms with E-state index in [2.05, 4.69) is 4.99 Å². The molecule has 0 bridgehead atoms. The zero-order valence-corrected chi connectivity index (χ0v) is 19.6. The van der Waals surface area contributed by atoms with Gasteiger partial charge >= 0.3 is 12.4 Å². The molecule has 1 saturated carbocycles. The predicted molar refractivity (Wildman–Crippen MR) is 121 cm³/mol. The van der Waals surface area contributed by atoms with Gasteiger partial charge in [0.1, 0.15) is 6.54 Å². The van der Waals surface area contributed by atoms with Gasteiger partial charge in [0.05, 0.1) is 30.2 Å². The van der Waals surface area contributed by atoms with Gasteiger partial charge in [0.25, 0.3) is 0 Å². The van der Waals surface area contributed by atoms with Crippen molar-refractivity contribution in [2.75, 3.05) is 13.2 Å². The van der Waals surface area contributed by atoms with Crippen molar-refractivity contribution < 1.29 is 35.9 Å². The van der Waals surface area contributed by atoms with Crippen molar-refractivity contribution in [3.05, 3.63) is 70.8 Å². The smallest absolute Gasteiger partial charge is 0.373 e. The van der Waals surface area contributed by atoms with Crippen LogP contribution in [-0.4, -0.2) is 36.3 Å². The maximum atomic E-state index is 13.3. The number of carbonyl (C=O) groups is 1. The van der Waals surface area contributed by atoms with Gasteiger partial charge in [0.2, 0.25) is 5.91 Å². The molecule has 0 radical (unpaired) electrons. The van der Waals surface area contributed by atoms with E-state index in [9.17, 15) is 31.1 Å². The highest BCUT2D eigenvalue weighted by Gasteiger charge is 2.41. The summed E-state index contributed by atoms with van der Waals surface area (Å²) in [4.78, 5) is 17.8. The Morgan fingerprint density at radius 1 is 1.00 bits per heavy atom. The average Bonchev–Trinajstić information content (AvgIpc) is 3.27. The van der Waals surface area contributed by atoms with E-state index in [0.717, 1.165) is 5.56 Å². The number of benzene rings is 2. The van der Waals surface area contributed by atoms with E-state index >= 15 is 0 Å². The molecule has 1 aliphatic carbocycles. The van der Waals surface area contributed by atoms with Crippen molar-refractivity contribution in [1.82, 2.24) is 4.90 Å². The minimum atomic E-state index is -4.92. The van der Waals surface area contributed by atoms with E-state index in [1.54, 1.807) is 11.2 Å². The van der Waals surface area contributed by atoms with Crippen molar-refractivity contribution in [2.45, 2.75) is 62.5 Å². The van der Waals surface area contributed by atoms with Gasteiger partial charge in [-0.2, -0.15) is 26.3 Å². The summed E-state index contributed by atoms with van der Waals surface area (Å²) in [5.74, 6) is -0.0536. The second kappa shape index (κ2) is 9.88. The van der Waals surface area contributed by atoms with E-state index in [4.69, 9.17) is 4.74 Å². The van der Waals surface area contributed by atoms with Crippen molar-refractivity contribution in [1.29, 1.82) is 0 Å². The normalized spacial score (nSPS) is 23.8. The molecule has 4 nitrogen and oxygen atoms in total. The van der Waals surface area contributed by atoms with Crippen molar-refractivity contribution in [2.24, 2.45) is 4.99 Å². The summed E-state index contributed by atoms with van der Waals surface area (Å²) >= 11 is 0. The van der Waals surface area contributed by atoms with Gasteiger partial charge in [0.15, 0.2) is 0 Å². The number of rotatable bonds is 6. The second-order valence-electron chi connectivity index (χ2n) is 9.43. The van der Waals surface area contributed by atoms with Crippen LogP contribution in [0.25, 0.3) is 0 Å². The molecule has 2 aliphatic rings. The van der Waals surface area contributed by atoms with E-state index < -0.39 is 35.0 Å². The molecule has 1 heterocycles. The number of halogens is 6. The zero-order chi connectivity index (χ0) is 26.1. The minimum Gasteiger partial charge on any atom is -0.373 e. The van der Waals surface area contributed by atoms with Crippen LogP contribution in [0.1, 0.15) is 61.0 Å². The number of hydrogen-bond acceptors (Lipinski definition) is 3. The summed E-state index contributed by atoms with van der Waals surface area (Å²) in [7, 11) is 0. The molecule has 0 aromatic heterocycles. The Labute approximate surface area is 205 Å². The molecule has 2 aromatic rings. The van der Waals surface area contributed by atoms with Crippen molar-refractivity contribution >= 4 is 12.2 Å². The topological polar surface area (TPSA) is 41.9 Å². The van der Waals surface area contributed by atoms with Gasteiger partial charge in [-0.1, -0.05) is 30.3 Å². The standard InChI is InChI=1S/C26H26F6N2O2/c1-17(18-11-20(25(27,28)29)13-21(12-18)26(30,31)32)36-15-24(19-5-3-2-4-6-19)9-7-22(8-10-24)34-16-33-14-23(34)35/h2-6,11-13,16-17,22H,7-10,14-15H2,1H3/t17-,22?,24?/m1/s1. The summed E-state index contributed by atoms with van der Waals surface area (Å²) in [6.07, 6.45) is -6.65. The molecular formula is C26H26F6N2O2. The first-order chi connectivity index (χ1) is 16.9. The average molecular weight is 512 g/mol. The Hall–Kier alpha value is -2.88. The Bertz CT molecular complexity index is 1070. The molecule has 4 rings (SSSR count). The number of carbonyl (C=O) groups excluding carboxylic acids is 1. The van der Waals surface area contributed by atoms with E-state index in [-0.39, 0.29) is 36.7 Å². The van der Waals surface area contributed by atoms with Gasteiger partial charge in [-0.15, -0.1) is 0 Å². The van der Waals surface area contributed by atoms with Crippen molar-refractivity contribution in [3.8, 4) is 0 Å². The Kier molecular flexibility index (Phi) is 7.19. The van der Waals surface area contributed by atoms with Gasteiger partial charge < -0.3 is 4.74 Å². The quantitative estimate of drug-likeness (QED) is 0.412. The van der Waals surface area contributed by atoms with Gasteiger partial charge in [-0.05, 0) is 61.9 Å². The molecule has 2 aromatic carbocycles. The lowest BCUT2D eigenvalue weighted by Crippen LogP contribution is -2.45. The highest BCUT2D eigenvalue weighted by molar-refractivity contribution is 5.94. The van der Waals surface area contributed by atoms with Crippen LogP contribution in [0, 0.1) is 0 Å². The number of aliphatic imine (C=N–C) groups is 1. The molecule has 10 heteroatoms. The lowest BCUT2D eigenvalue weighted by atomic mass is 9.68. The third-order valence-electron chi connectivity index (χ3n) is 7.10. The molecule has 1 atom stereocenters. The highest BCUT2D eigenvalue weighted by atomic mass is 19.4. The molecule has 194 valence electrons. The van der Waals surface area contributed by atoms with Gasteiger partial charge in [-0.25, -0.2) is 0 Å². The fourth-order valence-corrected chi connectivity index (χ4v) is 4.99. The summed E-state index contributed by atoms with van der Waals surface area (Å²) in [6.45, 7) is 1.71. The molecule has 0 unspecified atom stereocenters. The maximum absolute atomic E-state index is 13.3. The highest BCUT2D eigenvalue weighted by Crippen LogP contribution is 2.43. The van der Waals surface area contributed by atoms with Crippen LogP contribution >= 0.6 is 0 Å². The molecule has 1 amide bonds. The second-order valence-corrected chi connectivity index (χ2v) is 9.43. The Balaban J connectivity index is 1.56. The molecule has 0 spiro atoms. The first-order valence-electron chi connectivity index (χ1n) is 11.7. The van der Waals surface area contributed by atoms with Crippen LogP contribution in [-0.2, 0) is 27.3 Å². The van der Waals surface area contributed by atoms with Crippen LogP contribution in [0.5, 0.6) is 0 Å². The molecule has 0 N–H and O–H groups in total. The van der Waals surface area contributed by atoms with E-state index in [1.165, 1.54) is 6.92 Å². The lowest BCUT2D eigenvalue weighted by Gasteiger charge is -2.42. The Morgan fingerprint density at radius 3 is 2.08 bits per heavy atom. The molecule has 1 fully saturated rings. The lowest BCUT2D eigenvalue weighted by molar-refractivity contribution is -0.143. The zero-order valence-electron chi connectivity index (χ0n) is 19.6. The van der Waals surface area contributed by atoms with Crippen molar-refractivity contribution in [3.63, 3.8) is 0 Å². The fourth-order valence-electron chi connectivity index (χ4n) is 4.99. The third-order valence-corrected chi connectivity index (χ3v) is 7.10. The summed E-state index contributed by atoms with van der Waals surface area (Å²) in [6, 6.07) is 11.1. The van der Waals surface area contributed by atoms with E-state index in [1.807, 2.05) is 30.3 Å². The number of nitrogens with zero attached hydrogens (tertiary/aromatic N) is 2. The number of alkyl halides is 6. The molecule has 36 heavy (non-hydrogen) atoms. The van der Waals surface area contributed by atoms with Crippen LogP contribution in [0.4, 0.5) is 26.3 Å². The van der Waals surface area contributed by atoms with Crippen LogP contribution in [0.2, 0.25) is 0 Å². The molecule has 0 saturated heterocycles. The first kappa shape index (κ1) is 26.2. The van der Waals surface area contributed by atoms with E-state index in [0.29, 0.717) is 37.8 Å². The largest absolute Gasteiger partial charge is 0.416 e. The fraction of sp³-hybridized carbons (Fsp3) is 0.462. The number of hydrogen-bond donors (Lipinski definition) is 0. The van der Waals surface area contributed by atoms with Crippen LogP contribution < -0.4 is 0 Å². The minimum absolute atomic E-state index is 0.00387.